The molecule has 1 aromatic rings. The average molecular weight is 302 g/mol. The number of aromatic nitrogens is 2. The van der Waals surface area contributed by atoms with Crippen molar-refractivity contribution in [2.45, 2.75) is 50.9 Å². The lowest BCUT2D eigenvalue weighted by molar-refractivity contribution is -0.132. The standard InChI is InChI=1S/C16H22N4O2/c1-10-2-5-15(19-18-10)20-7-6-11-8-13(22-14(11)9-20)16(21)17-12-3-4-12/h2,5,11-14H,3-4,6-9H2,1H3,(H,17,21)/t11-,13-,14+/m1/s1. The molecule has 3 fully saturated rings. The maximum absolute atomic E-state index is 12.2. The lowest BCUT2D eigenvalue weighted by Gasteiger charge is -2.34. The van der Waals surface area contributed by atoms with Crippen molar-refractivity contribution in [1.82, 2.24) is 15.5 Å². The summed E-state index contributed by atoms with van der Waals surface area (Å²) in [5.74, 6) is 1.47. The fraction of sp³-hybridized carbons (Fsp3) is 0.688. The number of anilines is 1. The lowest BCUT2D eigenvalue weighted by atomic mass is 9.91. The zero-order valence-corrected chi connectivity index (χ0v) is 12.9. The highest BCUT2D eigenvalue weighted by molar-refractivity contribution is 5.81. The zero-order valence-electron chi connectivity index (χ0n) is 12.9. The van der Waals surface area contributed by atoms with Crippen molar-refractivity contribution in [3.8, 4) is 0 Å². The van der Waals surface area contributed by atoms with Crippen LogP contribution in [0, 0.1) is 12.8 Å². The second kappa shape index (κ2) is 5.50. The van der Waals surface area contributed by atoms with Crippen LogP contribution in [0.4, 0.5) is 5.82 Å². The molecule has 118 valence electrons. The number of piperidine rings is 1. The second-order valence-corrected chi connectivity index (χ2v) is 6.71. The van der Waals surface area contributed by atoms with E-state index in [9.17, 15) is 4.79 Å². The van der Waals surface area contributed by atoms with Gasteiger partial charge in [-0.2, -0.15) is 5.10 Å². The molecule has 0 bridgehead atoms. The molecule has 3 aliphatic rings. The molecule has 1 aliphatic carbocycles. The third-order valence-electron chi connectivity index (χ3n) is 4.88. The molecule has 1 N–H and O–H groups in total. The normalized spacial score (nSPS) is 31.0. The Morgan fingerprint density at radius 2 is 2.18 bits per heavy atom. The summed E-state index contributed by atoms with van der Waals surface area (Å²) in [6.45, 7) is 3.70. The lowest BCUT2D eigenvalue weighted by Crippen LogP contribution is -2.43. The highest BCUT2D eigenvalue weighted by atomic mass is 16.5. The van der Waals surface area contributed by atoms with Crippen LogP contribution in [-0.4, -0.2) is 47.4 Å². The number of aryl methyl sites for hydroxylation is 1. The number of nitrogens with zero attached hydrogens (tertiary/aromatic N) is 3. The SMILES string of the molecule is Cc1ccc(N2CC[C@@H]3C[C@H](C(=O)NC4CC4)O[C@H]3C2)nn1. The fourth-order valence-corrected chi connectivity index (χ4v) is 3.39. The molecule has 0 aromatic carbocycles. The molecule has 3 atom stereocenters. The highest BCUT2D eigenvalue weighted by Crippen LogP contribution is 2.35. The molecule has 6 heteroatoms. The van der Waals surface area contributed by atoms with Gasteiger partial charge < -0.3 is 15.0 Å². The Bertz CT molecular complexity index is 558. The Morgan fingerprint density at radius 3 is 2.91 bits per heavy atom. The molecule has 0 unspecified atom stereocenters. The van der Waals surface area contributed by atoms with Crippen molar-refractivity contribution in [1.29, 1.82) is 0 Å². The maximum atomic E-state index is 12.2. The predicted molar refractivity (Wildman–Crippen MR) is 81.5 cm³/mol. The van der Waals surface area contributed by atoms with E-state index in [0.717, 1.165) is 50.3 Å². The van der Waals surface area contributed by atoms with Gasteiger partial charge in [-0.05, 0) is 50.7 Å². The average Bonchev–Trinajstić information content (AvgIpc) is 3.23. The largest absolute Gasteiger partial charge is 0.363 e. The van der Waals surface area contributed by atoms with Crippen molar-refractivity contribution in [3.05, 3.63) is 17.8 Å². The quantitative estimate of drug-likeness (QED) is 0.904. The molecule has 0 radical (unpaired) electrons. The van der Waals surface area contributed by atoms with Gasteiger partial charge in [0.25, 0.3) is 0 Å². The smallest absolute Gasteiger partial charge is 0.249 e. The van der Waals surface area contributed by atoms with Gasteiger partial charge in [0.2, 0.25) is 5.91 Å². The van der Waals surface area contributed by atoms with Crippen LogP contribution in [0.3, 0.4) is 0 Å². The van der Waals surface area contributed by atoms with Crippen molar-refractivity contribution in [2.24, 2.45) is 5.92 Å². The van der Waals surface area contributed by atoms with E-state index in [-0.39, 0.29) is 18.1 Å². The predicted octanol–water partition coefficient (Wildman–Crippen LogP) is 1.05. The number of nitrogens with one attached hydrogen (secondary N) is 1. The molecule has 1 saturated carbocycles. The molecular weight excluding hydrogens is 280 g/mol. The first-order valence-corrected chi connectivity index (χ1v) is 8.20. The van der Waals surface area contributed by atoms with Crippen molar-refractivity contribution in [3.63, 3.8) is 0 Å². The van der Waals surface area contributed by atoms with E-state index in [1.165, 1.54) is 0 Å². The maximum Gasteiger partial charge on any atom is 0.249 e. The molecule has 22 heavy (non-hydrogen) atoms. The van der Waals surface area contributed by atoms with Crippen LogP contribution in [-0.2, 0) is 9.53 Å². The fourth-order valence-electron chi connectivity index (χ4n) is 3.39. The zero-order chi connectivity index (χ0) is 15.1. The van der Waals surface area contributed by atoms with Crippen LogP contribution in [0.1, 0.15) is 31.4 Å². The van der Waals surface area contributed by atoms with Crippen molar-refractivity contribution in [2.75, 3.05) is 18.0 Å². The molecule has 6 nitrogen and oxygen atoms in total. The summed E-state index contributed by atoms with van der Waals surface area (Å²) < 4.78 is 6.03. The molecule has 4 rings (SSSR count). The monoisotopic (exact) mass is 302 g/mol. The summed E-state index contributed by atoms with van der Waals surface area (Å²) in [5.41, 5.74) is 0.924. The number of amides is 1. The number of hydrogen-bond donors (Lipinski definition) is 1. The van der Waals surface area contributed by atoms with Gasteiger partial charge in [-0.1, -0.05) is 0 Å². The van der Waals surface area contributed by atoms with Crippen LogP contribution < -0.4 is 10.2 Å². The van der Waals surface area contributed by atoms with E-state index < -0.39 is 0 Å². The van der Waals surface area contributed by atoms with E-state index in [0.29, 0.717) is 12.0 Å². The number of carbonyl (C=O) groups excluding carboxylic acids is 1. The van der Waals surface area contributed by atoms with Crippen LogP contribution >= 0.6 is 0 Å². The number of carbonyl (C=O) groups is 1. The van der Waals surface area contributed by atoms with Crippen molar-refractivity contribution < 1.29 is 9.53 Å². The Labute approximate surface area is 130 Å². The molecule has 1 amide bonds. The Morgan fingerprint density at radius 1 is 1.32 bits per heavy atom. The first-order valence-electron chi connectivity index (χ1n) is 8.20. The van der Waals surface area contributed by atoms with Gasteiger partial charge >= 0.3 is 0 Å². The van der Waals surface area contributed by atoms with Gasteiger partial charge in [0, 0.05) is 19.1 Å². The van der Waals surface area contributed by atoms with Crippen LogP contribution in [0.25, 0.3) is 0 Å². The minimum Gasteiger partial charge on any atom is -0.363 e. The summed E-state index contributed by atoms with van der Waals surface area (Å²) in [6.07, 6.45) is 4.01. The molecule has 1 aromatic heterocycles. The van der Waals surface area contributed by atoms with Gasteiger partial charge in [-0.15, -0.1) is 5.10 Å². The van der Waals surface area contributed by atoms with E-state index in [1.807, 2.05) is 19.1 Å². The molecule has 2 saturated heterocycles. The summed E-state index contributed by atoms with van der Waals surface area (Å²) in [6, 6.07) is 4.39. The third-order valence-corrected chi connectivity index (χ3v) is 4.88. The molecule has 0 spiro atoms. The van der Waals surface area contributed by atoms with Gasteiger partial charge in [0.1, 0.15) is 6.10 Å². The topological polar surface area (TPSA) is 67.4 Å². The Balaban J connectivity index is 1.38. The summed E-state index contributed by atoms with van der Waals surface area (Å²) in [4.78, 5) is 14.4. The van der Waals surface area contributed by atoms with Gasteiger partial charge in [-0.3, -0.25) is 4.79 Å². The van der Waals surface area contributed by atoms with E-state index in [4.69, 9.17) is 4.74 Å². The number of rotatable bonds is 3. The minimum atomic E-state index is -0.264. The van der Waals surface area contributed by atoms with Gasteiger partial charge in [0.15, 0.2) is 5.82 Å². The number of fused-ring (bicyclic) bond motifs is 1. The molecule has 3 heterocycles. The third kappa shape index (κ3) is 2.79. The van der Waals surface area contributed by atoms with E-state index in [2.05, 4.69) is 20.4 Å². The second-order valence-electron chi connectivity index (χ2n) is 6.71. The van der Waals surface area contributed by atoms with Crippen LogP contribution in [0.2, 0.25) is 0 Å². The van der Waals surface area contributed by atoms with Crippen molar-refractivity contribution >= 4 is 11.7 Å². The van der Waals surface area contributed by atoms with Gasteiger partial charge in [0.05, 0.1) is 11.8 Å². The van der Waals surface area contributed by atoms with Crippen LogP contribution in [0.5, 0.6) is 0 Å². The summed E-state index contributed by atoms with van der Waals surface area (Å²) >= 11 is 0. The minimum absolute atomic E-state index is 0.0820. The highest BCUT2D eigenvalue weighted by Gasteiger charge is 2.43. The van der Waals surface area contributed by atoms with E-state index >= 15 is 0 Å². The van der Waals surface area contributed by atoms with E-state index in [1.54, 1.807) is 0 Å². The molecular formula is C16H22N4O2. The Kier molecular flexibility index (Phi) is 3.48. The summed E-state index contributed by atoms with van der Waals surface area (Å²) in [5, 5.41) is 11.4. The van der Waals surface area contributed by atoms with Crippen LogP contribution in [0.15, 0.2) is 12.1 Å². The molecule has 2 aliphatic heterocycles. The Hall–Kier alpha value is -1.69. The first-order chi connectivity index (χ1) is 10.7. The van der Waals surface area contributed by atoms with Gasteiger partial charge in [-0.25, -0.2) is 0 Å². The summed E-state index contributed by atoms with van der Waals surface area (Å²) in [7, 11) is 0. The first kappa shape index (κ1) is 13.9. The number of ether oxygens (including phenoxy) is 1. The number of hydrogen-bond acceptors (Lipinski definition) is 5.